The van der Waals surface area contributed by atoms with Crippen LogP contribution in [0.3, 0.4) is 0 Å². The number of allylic oxidation sites excluding steroid dienone is 1. The van der Waals surface area contributed by atoms with E-state index >= 15 is 0 Å². The van der Waals surface area contributed by atoms with Gasteiger partial charge in [0.05, 0.1) is 5.54 Å². The van der Waals surface area contributed by atoms with Crippen LogP contribution in [0.2, 0.25) is 0 Å². The summed E-state index contributed by atoms with van der Waals surface area (Å²) in [6.07, 6.45) is 1.42. The lowest BCUT2D eigenvalue weighted by Gasteiger charge is -2.35. The van der Waals surface area contributed by atoms with Crippen molar-refractivity contribution >= 4 is 5.78 Å². The average Bonchev–Trinajstić information content (AvgIpc) is 2.15. The van der Waals surface area contributed by atoms with Crippen LogP contribution in [0.4, 0.5) is 0 Å². The Hall–Kier alpha value is -0.630. The first kappa shape index (κ1) is 14.4. The average molecular weight is 211 g/mol. The van der Waals surface area contributed by atoms with E-state index in [9.17, 15) is 4.79 Å². The summed E-state index contributed by atoms with van der Waals surface area (Å²) in [5.74, 6) is 0.314. The third-order valence-corrected chi connectivity index (χ3v) is 3.02. The molecule has 88 valence electrons. The van der Waals surface area contributed by atoms with Gasteiger partial charge in [0.15, 0.2) is 5.78 Å². The molecule has 0 aromatic heterocycles. The molecule has 0 fully saturated rings. The Morgan fingerprint density at radius 3 is 2.00 bits per heavy atom. The second-order valence-electron chi connectivity index (χ2n) is 4.61. The van der Waals surface area contributed by atoms with Crippen molar-refractivity contribution in [3.63, 3.8) is 0 Å². The molecular formula is C13H25NO. The predicted octanol–water partition coefficient (Wildman–Crippen LogP) is 3.03. The van der Waals surface area contributed by atoms with Gasteiger partial charge in [-0.05, 0) is 40.3 Å². The summed E-state index contributed by atoms with van der Waals surface area (Å²) in [6, 6.07) is 0. The molecule has 0 heterocycles. The number of nitrogens with zero attached hydrogens (tertiary/aromatic N) is 1. The summed E-state index contributed by atoms with van der Waals surface area (Å²) >= 11 is 0. The van der Waals surface area contributed by atoms with Crippen LogP contribution < -0.4 is 0 Å². The number of hydrogen-bond donors (Lipinski definition) is 0. The van der Waals surface area contributed by atoms with Crippen molar-refractivity contribution in [1.82, 2.24) is 4.90 Å². The highest BCUT2D eigenvalue weighted by molar-refractivity contribution is 5.87. The highest BCUT2D eigenvalue weighted by Gasteiger charge is 2.31. The van der Waals surface area contributed by atoms with Crippen molar-refractivity contribution in [3.8, 4) is 0 Å². The van der Waals surface area contributed by atoms with Gasteiger partial charge in [0.25, 0.3) is 0 Å². The van der Waals surface area contributed by atoms with Crippen LogP contribution in [0, 0.1) is 0 Å². The van der Waals surface area contributed by atoms with Crippen molar-refractivity contribution < 1.29 is 4.79 Å². The fraction of sp³-hybridized carbons (Fsp3) is 0.769. The topological polar surface area (TPSA) is 20.3 Å². The highest BCUT2D eigenvalue weighted by Crippen LogP contribution is 2.18. The second kappa shape index (κ2) is 6.06. The van der Waals surface area contributed by atoms with E-state index in [1.165, 1.54) is 0 Å². The Morgan fingerprint density at radius 2 is 1.67 bits per heavy atom. The Balaban J connectivity index is 4.42. The molecule has 15 heavy (non-hydrogen) atoms. The van der Waals surface area contributed by atoms with Crippen LogP contribution in [0.25, 0.3) is 0 Å². The van der Waals surface area contributed by atoms with Gasteiger partial charge in [-0.15, -0.1) is 6.58 Å². The molecule has 0 unspecified atom stereocenters. The summed E-state index contributed by atoms with van der Waals surface area (Å²) in [7, 11) is 0. The number of rotatable bonds is 7. The van der Waals surface area contributed by atoms with Crippen LogP contribution in [0.1, 0.15) is 47.5 Å². The quantitative estimate of drug-likeness (QED) is 0.603. The Kier molecular flexibility index (Phi) is 5.81. The highest BCUT2D eigenvalue weighted by atomic mass is 16.1. The molecule has 0 atom stereocenters. The molecule has 0 aromatic rings. The van der Waals surface area contributed by atoms with Gasteiger partial charge in [-0.25, -0.2) is 0 Å². The maximum atomic E-state index is 12.0. The van der Waals surface area contributed by atoms with Crippen molar-refractivity contribution in [2.24, 2.45) is 0 Å². The zero-order valence-corrected chi connectivity index (χ0v) is 10.9. The van der Waals surface area contributed by atoms with Gasteiger partial charge in [0, 0.05) is 6.42 Å². The first-order chi connectivity index (χ1) is 6.86. The predicted molar refractivity (Wildman–Crippen MR) is 66.1 cm³/mol. The van der Waals surface area contributed by atoms with Crippen molar-refractivity contribution in [2.45, 2.75) is 53.0 Å². The Morgan fingerprint density at radius 1 is 1.20 bits per heavy atom. The van der Waals surface area contributed by atoms with Gasteiger partial charge in [-0.2, -0.15) is 0 Å². The lowest BCUT2D eigenvalue weighted by molar-refractivity contribution is -0.129. The zero-order chi connectivity index (χ0) is 12.1. The summed E-state index contributed by atoms with van der Waals surface area (Å²) < 4.78 is 0. The summed E-state index contributed by atoms with van der Waals surface area (Å²) in [5, 5.41) is 0. The summed E-state index contributed by atoms with van der Waals surface area (Å²) in [5.41, 5.74) is 0.748. The summed E-state index contributed by atoms with van der Waals surface area (Å²) in [4.78, 5) is 14.2. The monoisotopic (exact) mass is 211 g/mol. The molecule has 0 saturated carbocycles. The number of likely N-dealkylation sites (N-methyl/N-ethyl adjacent to an activating group) is 1. The van der Waals surface area contributed by atoms with Crippen LogP contribution in [0.5, 0.6) is 0 Å². The van der Waals surface area contributed by atoms with Gasteiger partial charge in [0.2, 0.25) is 0 Å². The fourth-order valence-electron chi connectivity index (χ4n) is 1.82. The van der Waals surface area contributed by atoms with E-state index in [1.807, 2.05) is 20.8 Å². The number of Topliss-reactive ketones (excluding diaryl/α,β-unsaturated/α-hetero) is 1. The van der Waals surface area contributed by atoms with Crippen LogP contribution in [-0.4, -0.2) is 29.3 Å². The number of carbonyl (C=O) groups is 1. The smallest absolute Gasteiger partial charge is 0.152 e. The van der Waals surface area contributed by atoms with Crippen LogP contribution in [0.15, 0.2) is 12.2 Å². The van der Waals surface area contributed by atoms with Gasteiger partial charge in [0.1, 0.15) is 0 Å². The first-order valence-corrected chi connectivity index (χ1v) is 5.79. The van der Waals surface area contributed by atoms with E-state index in [4.69, 9.17) is 0 Å². The Labute approximate surface area is 94.4 Å². The lowest BCUT2D eigenvalue weighted by Crippen LogP contribution is -2.49. The SMILES string of the molecule is C=C(C)CCC(=O)C(C)(C)N(CC)CC. The maximum absolute atomic E-state index is 12.0. The molecule has 0 amide bonds. The number of carbonyl (C=O) groups excluding carboxylic acids is 1. The van der Waals surface area contributed by atoms with Crippen LogP contribution >= 0.6 is 0 Å². The molecule has 0 aliphatic rings. The molecule has 0 N–H and O–H groups in total. The van der Waals surface area contributed by atoms with E-state index in [2.05, 4.69) is 25.3 Å². The van der Waals surface area contributed by atoms with E-state index in [1.54, 1.807) is 0 Å². The van der Waals surface area contributed by atoms with Crippen molar-refractivity contribution in [2.75, 3.05) is 13.1 Å². The lowest BCUT2D eigenvalue weighted by atomic mass is 9.92. The fourth-order valence-corrected chi connectivity index (χ4v) is 1.82. The standard InChI is InChI=1S/C13H25NO/c1-7-14(8-2)13(5,6)12(15)10-9-11(3)4/h3,7-10H2,1-2,4-6H3. The third-order valence-electron chi connectivity index (χ3n) is 3.02. The Bertz CT molecular complexity index is 227. The molecule has 0 spiro atoms. The van der Waals surface area contributed by atoms with Crippen molar-refractivity contribution in [1.29, 1.82) is 0 Å². The summed E-state index contributed by atoms with van der Waals surface area (Å²) in [6.45, 7) is 15.9. The van der Waals surface area contributed by atoms with Crippen LogP contribution in [-0.2, 0) is 4.79 Å². The van der Waals surface area contributed by atoms with Crippen molar-refractivity contribution in [3.05, 3.63) is 12.2 Å². The number of hydrogen-bond acceptors (Lipinski definition) is 2. The van der Waals surface area contributed by atoms with E-state index < -0.39 is 0 Å². The molecule has 0 radical (unpaired) electrons. The number of ketones is 1. The van der Waals surface area contributed by atoms with E-state index in [0.29, 0.717) is 12.2 Å². The second-order valence-corrected chi connectivity index (χ2v) is 4.61. The van der Waals surface area contributed by atoms with Gasteiger partial charge < -0.3 is 0 Å². The normalized spacial score (nSPS) is 11.9. The molecule has 2 heteroatoms. The largest absolute Gasteiger partial charge is 0.298 e. The van der Waals surface area contributed by atoms with E-state index in [-0.39, 0.29) is 5.54 Å². The molecule has 2 nitrogen and oxygen atoms in total. The molecule has 0 rings (SSSR count). The first-order valence-electron chi connectivity index (χ1n) is 5.79. The third kappa shape index (κ3) is 4.17. The molecule has 0 bridgehead atoms. The molecule has 0 saturated heterocycles. The molecule has 0 aromatic carbocycles. The molecule has 0 aliphatic carbocycles. The molecule has 0 aliphatic heterocycles. The van der Waals surface area contributed by atoms with Gasteiger partial charge in [-0.1, -0.05) is 19.4 Å². The minimum absolute atomic E-state index is 0.314. The minimum Gasteiger partial charge on any atom is -0.298 e. The van der Waals surface area contributed by atoms with E-state index in [0.717, 1.165) is 25.1 Å². The van der Waals surface area contributed by atoms with Gasteiger partial charge >= 0.3 is 0 Å². The minimum atomic E-state index is -0.334. The zero-order valence-electron chi connectivity index (χ0n) is 10.9. The van der Waals surface area contributed by atoms with Gasteiger partial charge in [-0.3, -0.25) is 9.69 Å². The molecular weight excluding hydrogens is 186 g/mol. The maximum Gasteiger partial charge on any atom is 0.152 e.